The summed E-state index contributed by atoms with van der Waals surface area (Å²) in [6.45, 7) is 7.81. The summed E-state index contributed by atoms with van der Waals surface area (Å²) in [6, 6.07) is 1.96. The summed E-state index contributed by atoms with van der Waals surface area (Å²) in [5, 5.41) is 3.29. The third-order valence-electron chi connectivity index (χ3n) is 2.17. The molecule has 86 valence electrons. The molecule has 1 aromatic rings. The van der Waals surface area contributed by atoms with E-state index in [1.165, 1.54) is 5.56 Å². The fourth-order valence-electron chi connectivity index (χ4n) is 1.19. The Morgan fingerprint density at radius 3 is 2.93 bits per heavy atom. The van der Waals surface area contributed by atoms with Gasteiger partial charge in [-0.05, 0) is 18.4 Å². The minimum Gasteiger partial charge on any atom is -0.472 e. The molecule has 0 aliphatic carbocycles. The molecule has 0 saturated carbocycles. The third-order valence-corrected chi connectivity index (χ3v) is 2.17. The average Bonchev–Trinajstić information content (AvgIpc) is 2.68. The minimum atomic E-state index is 0.726. The fourth-order valence-corrected chi connectivity index (χ4v) is 1.19. The lowest BCUT2D eigenvalue weighted by Gasteiger charge is -2.06. The van der Waals surface area contributed by atoms with Crippen LogP contribution in [0.5, 0.6) is 0 Å². The Hall–Kier alpha value is -0.800. The van der Waals surface area contributed by atoms with Crippen molar-refractivity contribution in [3.8, 4) is 0 Å². The van der Waals surface area contributed by atoms with Crippen molar-refractivity contribution in [2.75, 3.05) is 19.8 Å². The van der Waals surface area contributed by atoms with E-state index < -0.39 is 0 Å². The van der Waals surface area contributed by atoms with Gasteiger partial charge in [-0.15, -0.1) is 0 Å². The molecule has 1 rings (SSSR count). The van der Waals surface area contributed by atoms with Crippen molar-refractivity contribution in [1.82, 2.24) is 5.32 Å². The normalized spacial score (nSPS) is 11.1. The largest absolute Gasteiger partial charge is 0.472 e. The standard InChI is InChI=1S/C12H21NO2/c1-11(2)3-6-14-8-5-13-9-12-4-7-15-10-12/h4,7,10-11,13H,3,5-6,8-9H2,1-2H3. The van der Waals surface area contributed by atoms with Gasteiger partial charge in [-0.3, -0.25) is 0 Å². The van der Waals surface area contributed by atoms with Gasteiger partial charge in [0, 0.05) is 25.3 Å². The Morgan fingerprint density at radius 1 is 1.40 bits per heavy atom. The van der Waals surface area contributed by atoms with Crippen LogP contribution < -0.4 is 5.32 Å². The molecule has 0 radical (unpaired) electrons. The van der Waals surface area contributed by atoms with Gasteiger partial charge in [0.1, 0.15) is 0 Å². The van der Waals surface area contributed by atoms with Gasteiger partial charge in [0.25, 0.3) is 0 Å². The van der Waals surface area contributed by atoms with E-state index in [-0.39, 0.29) is 0 Å². The molecule has 15 heavy (non-hydrogen) atoms. The van der Waals surface area contributed by atoms with Crippen molar-refractivity contribution in [2.45, 2.75) is 26.8 Å². The second-order valence-electron chi connectivity index (χ2n) is 4.10. The minimum absolute atomic E-state index is 0.726. The fraction of sp³-hybridized carbons (Fsp3) is 0.667. The molecule has 0 unspecified atom stereocenters. The Labute approximate surface area is 91.8 Å². The summed E-state index contributed by atoms with van der Waals surface area (Å²) in [7, 11) is 0. The molecule has 0 aliphatic heterocycles. The Kier molecular flexibility index (Phi) is 6.12. The molecule has 1 aromatic heterocycles. The predicted octanol–water partition coefficient (Wildman–Crippen LogP) is 2.43. The van der Waals surface area contributed by atoms with Crippen LogP contribution >= 0.6 is 0 Å². The molecule has 1 N–H and O–H groups in total. The van der Waals surface area contributed by atoms with Crippen LogP contribution in [0.15, 0.2) is 23.0 Å². The first-order valence-electron chi connectivity index (χ1n) is 5.58. The van der Waals surface area contributed by atoms with Gasteiger partial charge >= 0.3 is 0 Å². The van der Waals surface area contributed by atoms with E-state index in [1.54, 1.807) is 12.5 Å². The molecule has 3 nitrogen and oxygen atoms in total. The number of ether oxygens (including phenoxy) is 1. The smallest absolute Gasteiger partial charge is 0.0947 e. The topological polar surface area (TPSA) is 34.4 Å². The van der Waals surface area contributed by atoms with E-state index in [4.69, 9.17) is 9.15 Å². The van der Waals surface area contributed by atoms with Crippen molar-refractivity contribution in [2.24, 2.45) is 5.92 Å². The first kappa shape index (κ1) is 12.3. The van der Waals surface area contributed by atoms with Crippen molar-refractivity contribution in [1.29, 1.82) is 0 Å². The second kappa shape index (κ2) is 7.49. The third kappa shape index (κ3) is 6.31. The monoisotopic (exact) mass is 211 g/mol. The lowest BCUT2D eigenvalue weighted by molar-refractivity contribution is 0.125. The lowest BCUT2D eigenvalue weighted by Crippen LogP contribution is -2.19. The van der Waals surface area contributed by atoms with Crippen molar-refractivity contribution in [3.05, 3.63) is 24.2 Å². The van der Waals surface area contributed by atoms with E-state index in [1.807, 2.05) is 6.07 Å². The Bertz CT molecular complexity index is 232. The van der Waals surface area contributed by atoms with Crippen LogP contribution in [-0.4, -0.2) is 19.8 Å². The molecule has 0 aromatic carbocycles. The molecule has 3 heteroatoms. The van der Waals surface area contributed by atoms with Crippen molar-refractivity contribution in [3.63, 3.8) is 0 Å². The molecule has 0 fully saturated rings. The summed E-state index contributed by atoms with van der Waals surface area (Å²) in [5.41, 5.74) is 1.18. The van der Waals surface area contributed by atoms with Crippen LogP contribution in [0.2, 0.25) is 0 Å². The molecule has 0 aliphatic rings. The first-order chi connectivity index (χ1) is 7.29. The van der Waals surface area contributed by atoms with Gasteiger partial charge < -0.3 is 14.5 Å². The zero-order valence-corrected chi connectivity index (χ0v) is 9.66. The van der Waals surface area contributed by atoms with E-state index in [9.17, 15) is 0 Å². The molecular formula is C12H21NO2. The molecular weight excluding hydrogens is 190 g/mol. The second-order valence-corrected chi connectivity index (χ2v) is 4.10. The maximum Gasteiger partial charge on any atom is 0.0947 e. The average molecular weight is 211 g/mol. The van der Waals surface area contributed by atoms with Crippen LogP contribution in [0.25, 0.3) is 0 Å². The highest BCUT2D eigenvalue weighted by molar-refractivity contribution is 5.04. The summed E-state index contributed by atoms with van der Waals surface area (Å²) < 4.78 is 10.4. The molecule has 0 atom stereocenters. The molecule has 0 bridgehead atoms. The van der Waals surface area contributed by atoms with E-state index in [2.05, 4.69) is 19.2 Å². The van der Waals surface area contributed by atoms with Gasteiger partial charge in [-0.2, -0.15) is 0 Å². The maximum atomic E-state index is 5.48. The number of rotatable bonds is 8. The summed E-state index contributed by atoms with van der Waals surface area (Å²) >= 11 is 0. The van der Waals surface area contributed by atoms with Gasteiger partial charge in [0.2, 0.25) is 0 Å². The Balaban J connectivity index is 1.85. The van der Waals surface area contributed by atoms with Gasteiger partial charge in [0.05, 0.1) is 19.1 Å². The summed E-state index contributed by atoms with van der Waals surface area (Å²) in [5.74, 6) is 0.726. The van der Waals surface area contributed by atoms with Crippen LogP contribution in [0, 0.1) is 5.92 Å². The SMILES string of the molecule is CC(C)CCOCCNCc1ccoc1. The van der Waals surface area contributed by atoms with Crippen molar-refractivity contribution >= 4 is 0 Å². The number of furan rings is 1. The highest BCUT2D eigenvalue weighted by atomic mass is 16.5. The lowest BCUT2D eigenvalue weighted by atomic mass is 10.1. The van der Waals surface area contributed by atoms with Gasteiger partial charge in [-0.1, -0.05) is 13.8 Å². The predicted molar refractivity (Wildman–Crippen MR) is 60.7 cm³/mol. The highest BCUT2D eigenvalue weighted by Crippen LogP contribution is 1.99. The van der Waals surface area contributed by atoms with Gasteiger partial charge in [0.15, 0.2) is 0 Å². The quantitative estimate of drug-likeness (QED) is 0.671. The molecule has 0 amide bonds. The first-order valence-corrected chi connectivity index (χ1v) is 5.58. The summed E-state index contributed by atoms with van der Waals surface area (Å²) in [4.78, 5) is 0. The van der Waals surface area contributed by atoms with E-state index >= 15 is 0 Å². The van der Waals surface area contributed by atoms with Crippen LogP contribution in [-0.2, 0) is 11.3 Å². The highest BCUT2D eigenvalue weighted by Gasteiger charge is 1.95. The van der Waals surface area contributed by atoms with Gasteiger partial charge in [-0.25, -0.2) is 0 Å². The number of nitrogens with one attached hydrogen (secondary N) is 1. The zero-order valence-electron chi connectivity index (χ0n) is 9.66. The van der Waals surface area contributed by atoms with Crippen LogP contribution in [0.1, 0.15) is 25.8 Å². The summed E-state index contributed by atoms with van der Waals surface area (Å²) in [6.07, 6.45) is 4.59. The van der Waals surface area contributed by atoms with E-state index in [0.717, 1.165) is 38.6 Å². The molecule has 0 spiro atoms. The van der Waals surface area contributed by atoms with Crippen LogP contribution in [0.4, 0.5) is 0 Å². The van der Waals surface area contributed by atoms with E-state index in [0.29, 0.717) is 0 Å². The zero-order chi connectivity index (χ0) is 10.9. The molecule has 0 saturated heterocycles. The van der Waals surface area contributed by atoms with Crippen molar-refractivity contribution < 1.29 is 9.15 Å². The van der Waals surface area contributed by atoms with Crippen LogP contribution in [0.3, 0.4) is 0 Å². The maximum absolute atomic E-state index is 5.48. The Morgan fingerprint density at radius 2 is 2.27 bits per heavy atom. The molecule has 1 heterocycles. The number of hydrogen-bond acceptors (Lipinski definition) is 3. The number of hydrogen-bond donors (Lipinski definition) is 1.